The number of rotatable bonds is 2. The van der Waals surface area contributed by atoms with Crippen molar-refractivity contribution in [2.75, 3.05) is 0 Å². The number of carbonyl (C=O) groups excluding carboxylic acids is 1. The van der Waals surface area contributed by atoms with E-state index in [1.807, 2.05) is 12.1 Å². The molecule has 1 nitrogen and oxygen atoms in total. The predicted molar refractivity (Wildman–Crippen MR) is 63.8 cm³/mol. The van der Waals surface area contributed by atoms with Crippen molar-refractivity contribution in [3.8, 4) is 0 Å². The fraction of sp³-hybridized carbons (Fsp3) is 0.182. The monoisotopic (exact) mass is 222 g/mol. The van der Waals surface area contributed by atoms with Crippen LogP contribution in [0.5, 0.6) is 0 Å². The topological polar surface area (TPSA) is 17.1 Å². The number of aldehydes is 1. The highest BCUT2D eigenvalue weighted by Gasteiger charge is 2.08. The summed E-state index contributed by atoms with van der Waals surface area (Å²) in [7, 11) is 0. The first-order valence-corrected chi connectivity index (χ1v) is 5.77. The van der Waals surface area contributed by atoms with Gasteiger partial charge in [-0.1, -0.05) is 13.0 Å². The molecule has 0 saturated heterocycles. The van der Waals surface area contributed by atoms with E-state index in [1.54, 1.807) is 11.3 Å². The predicted octanol–water partition coefficient (Wildman–Crippen LogP) is 3.56. The average Bonchev–Trinajstić information content (AvgIpc) is 2.62. The lowest BCUT2D eigenvalue weighted by Crippen LogP contribution is -1.83. The summed E-state index contributed by atoms with van der Waals surface area (Å²) >= 11 is 6.03. The van der Waals surface area contributed by atoms with Crippen molar-refractivity contribution in [2.45, 2.75) is 18.2 Å². The summed E-state index contributed by atoms with van der Waals surface area (Å²) in [5.74, 6) is 0. The number of thiol groups is 1. The third kappa shape index (κ3) is 1.37. The number of fused-ring (bicyclic) bond motifs is 1. The number of benzene rings is 1. The van der Waals surface area contributed by atoms with Gasteiger partial charge in [-0.15, -0.1) is 24.0 Å². The molecule has 0 aliphatic heterocycles. The Labute approximate surface area is 92.2 Å². The van der Waals surface area contributed by atoms with Gasteiger partial charge in [0.25, 0.3) is 0 Å². The normalized spacial score (nSPS) is 10.7. The van der Waals surface area contributed by atoms with Gasteiger partial charge < -0.3 is 0 Å². The molecule has 14 heavy (non-hydrogen) atoms. The zero-order chi connectivity index (χ0) is 10.1. The molecule has 2 rings (SSSR count). The van der Waals surface area contributed by atoms with Crippen LogP contribution >= 0.6 is 24.0 Å². The zero-order valence-electron chi connectivity index (χ0n) is 7.78. The van der Waals surface area contributed by atoms with E-state index in [1.165, 1.54) is 10.9 Å². The number of thiophene rings is 1. The standard InChI is InChI=1S/C11H10OS2/c1-2-7-6-14-11-9(7)4-3-8(5-12)10(11)13/h3-6,13H,2H2,1H3. The lowest BCUT2D eigenvalue weighted by atomic mass is 10.1. The van der Waals surface area contributed by atoms with Crippen molar-refractivity contribution in [2.24, 2.45) is 0 Å². The van der Waals surface area contributed by atoms with Gasteiger partial charge in [-0.25, -0.2) is 0 Å². The van der Waals surface area contributed by atoms with Crippen LogP contribution in [0.25, 0.3) is 10.1 Å². The van der Waals surface area contributed by atoms with Crippen LogP contribution in [0.1, 0.15) is 22.8 Å². The Hall–Kier alpha value is -0.800. The quantitative estimate of drug-likeness (QED) is 0.607. The first kappa shape index (κ1) is 9.74. The molecule has 0 bridgehead atoms. The van der Waals surface area contributed by atoms with Gasteiger partial charge in [0, 0.05) is 15.2 Å². The second-order valence-electron chi connectivity index (χ2n) is 3.11. The summed E-state index contributed by atoms with van der Waals surface area (Å²) in [5.41, 5.74) is 2.00. The minimum atomic E-state index is 0.672. The molecule has 3 heteroatoms. The molecule has 0 aliphatic carbocycles. The van der Waals surface area contributed by atoms with Gasteiger partial charge in [0.2, 0.25) is 0 Å². The van der Waals surface area contributed by atoms with Gasteiger partial charge in [0.05, 0.1) is 0 Å². The van der Waals surface area contributed by atoms with Crippen LogP contribution in [0.3, 0.4) is 0 Å². The Morgan fingerprint density at radius 1 is 1.50 bits per heavy atom. The molecule has 0 fully saturated rings. The van der Waals surface area contributed by atoms with Crippen LogP contribution in [-0.4, -0.2) is 6.29 Å². The van der Waals surface area contributed by atoms with E-state index in [0.717, 1.165) is 22.3 Å². The molecule has 0 unspecified atom stereocenters. The van der Waals surface area contributed by atoms with Gasteiger partial charge in [-0.05, 0) is 28.8 Å². The second kappa shape index (κ2) is 3.75. The summed E-state index contributed by atoms with van der Waals surface area (Å²) in [5, 5.41) is 3.37. The number of carbonyl (C=O) groups is 1. The molecule has 2 aromatic rings. The molecule has 0 saturated carbocycles. The molecule has 1 aromatic carbocycles. The summed E-state index contributed by atoms with van der Waals surface area (Å²) in [6.07, 6.45) is 1.88. The van der Waals surface area contributed by atoms with Crippen LogP contribution in [-0.2, 0) is 6.42 Å². The molecule has 0 amide bonds. The Kier molecular flexibility index (Phi) is 2.61. The Morgan fingerprint density at radius 3 is 2.93 bits per heavy atom. The first-order valence-electron chi connectivity index (χ1n) is 4.45. The van der Waals surface area contributed by atoms with Crippen LogP contribution in [0.4, 0.5) is 0 Å². The number of aryl methyl sites for hydroxylation is 1. The molecular formula is C11H10OS2. The van der Waals surface area contributed by atoms with E-state index in [2.05, 4.69) is 24.9 Å². The largest absolute Gasteiger partial charge is 0.298 e. The van der Waals surface area contributed by atoms with Gasteiger partial charge in [0.15, 0.2) is 6.29 Å². The van der Waals surface area contributed by atoms with Crippen molar-refractivity contribution in [1.82, 2.24) is 0 Å². The van der Waals surface area contributed by atoms with Gasteiger partial charge in [0.1, 0.15) is 0 Å². The van der Waals surface area contributed by atoms with E-state index in [-0.39, 0.29) is 0 Å². The Bertz CT molecular complexity index is 485. The molecule has 0 atom stereocenters. The van der Waals surface area contributed by atoms with E-state index in [0.29, 0.717) is 5.56 Å². The molecule has 1 aromatic heterocycles. The van der Waals surface area contributed by atoms with Crippen LogP contribution in [0, 0.1) is 0 Å². The highest BCUT2D eigenvalue weighted by atomic mass is 32.1. The second-order valence-corrected chi connectivity index (χ2v) is 4.44. The van der Waals surface area contributed by atoms with Crippen molar-refractivity contribution in [3.05, 3.63) is 28.6 Å². The number of hydrogen-bond acceptors (Lipinski definition) is 3. The zero-order valence-corrected chi connectivity index (χ0v) is 9.49. The van der Waals surface area contributed by atoms with Crippen molar-refractivity contribution in [3.63, 3.8) is 0 Å². The van der Waals surface area contributed by atoms with Crippen LogP contribution in [0.15, 0.2) is 22.4 Å². The lowest BCUT2D eigenvalue weighted by molar-refractivity contribution is 0.112. The molecule has 1 heterocycles. The third-order valence-corrected chi connectivity index (χ3v) is 4.03. The Balaban J connectivity index is 2.78. The molecule has 0 N–H and O–H groups in total. The van der Waals surface area contributed by atoms with Crippen molar-refractivity contribution >= 4 is 40.3 Å². The summed E-state index contributed by atoms with van der Waals surface area (Å²) in [4.78, 5) is 11.5. The van der Waals surface area contributed by atoms with Crippen LogP contribution in [0.2, 0.25) is 0 Å². The minimum Gasteiger partial charge on any atom is -0.298 e. The lowest BCUT2D eigenvalue weighted by Gasteiger charge is -1.99. The highest BCUT2D eigenvalue weighted by Crippen LogP contribution is 2.33. The summed E-state index contributed by atoms with van der Waals surface area (Å²) in [6, 6.07) is 3.84. The smallest absolute Gasteiger partial charge is 0.151 e. The number of hydrogen-bond donors (Lipinski definition) is 1. The molecule has 72 valence electrons. The van der Waals surface area contributed by atoms with Gasteiger partial charge in [-0.3, -0.25) is 4.79 Å². The summed E-state index contributed by atoms with van der Waals surface area (Å²) in [6.45, 7) is 2.13. The maximum atomic E-state index is 10.7. The van der Waals surface area contributed by atoms with Gasteiger partial charge >= 0.3 is 0 Å². The van der Waals surface area contributed by atoms with E-state index in [4.69, 9.17) is 0 Å². The highest BCUT2D eigenvalue weighted by molar-refractivity contribution is 7.80. The van der Waals surface area contributed by atoms with Crippen molar-refractivity contribution < 1.29 is 4.79 Å². The third-order valence-electron chi connectivity index (χ3n) is 2.34. The fourth-order valence-electron chi connectivity index (χ4n) is 1.52. The molecule has 0 radical (unpaired) electrons. The van der Waals surface area contributed by atoms with Crippen LogP contribution < -0.4 is 0 Å². The van der Waals surface area contributed by atoms with E-state index < -0.39 is 0 Å². The van der Waals surface area contributed by atoms with Gasteiger partial charge in [-0.2, -0.15) is 0 Å². The maximum absolute atomic E-state index is 10.7. The van der Waals surface area contributed by atoms with E-state index in [9.17, 15) is 4.79 Å². The van der Waals surface area contributed by atoms with Crippen molar-refractivity contribution in [1.29, 1.82) is 0 Å². The summed E-state index contributed by atoms with van der Waals surface area (Å²) < 4.78 is 1.12. The molecule has 0 spiro atoms. The first-order chi connectivity index (χ1) is 6.77. The average molecular weight is 222 g/mol. The van der Waals surface area contributed by atoms with E-state index >= 15 is 0 Å². The molecular weight excluding hydrogens is 212 g/mol. The maximum Gasteiger partial charge on any atom is 0.151 e. The SMILES string of the molecule is CCc1csc2c(S)c(C=O)ccc12. The minimum absolute atomic E-state index is 0.672. The molecule has 0 aliphatic rings. The Morgan fingerprint density at radius 2 is 2.29 bits per heavy atom. The fourth-order valence-corrected chi connectivity index (χ4v) is 3.04.